The van der Waals surface area contributed by atoms with Crippen molar-refractivity contribution in [3.63, 3.8) is 0 Å². The molecule has 7 nitrogen and oxygen atoms in total. The van der Waals surface area contributed by atoms with Crippen molar-refractivity contribution < 1.29 is 9.84 Å². The van der Waals surface area contributed by atoms with Crippen LogP contribution in [0.5, 0.6) is 11.8 Å². The summed E-state index contributed by atoms with van der Waals surface area (Å²) in [5.74, 6) is 0.682. The third-order valence-electron chi connectivity index (χ3n) is 4.76. The predicted octanol–water partition coefficient (Wildman–Crippen LogP) is 2.59. The fourth-order valence-corrected chi connectivity index (χ4v) is 3.59. The minimum absolute atomic E-state index is 0.106. The second-order valence-electron chi connectivity index (χ2n) is 7.07. The maximum atomic E-state index is 10.3. The molecule has 7 heteroatoms. The van der Waals surface area contributed by atoms with Crippen LogP contribution < -0.4 is 4.74 Å². The summed E-state index contributed by atoms with van der Waals surface area (Å²) in [6.07, 6.45) is 4.02. The average Bonchev–Trinajstić information content (AvgIpc) is 2.95. The molecule has 0 aliphatic carbocycles. The van der Waals surface area contributed by atoms with E-state index in [1.54, 1.807) is 16.8 Å². The number of nitrogens with zero attached hydrogens (tertiary/aromatic N) is 5. The minimum atomic E-state index is 0.106. The number of likely N-dealkylation sites (tertiary alicyclic amines) is 1. The van der Waals surface area contributed by atoms with E-state index >= 15 is 0 Å². The Morgan fingerprint density at radius 3 is 2.85 bits per heavy atom. The molecule has 1 fully saturated rings. The van der Waals surface area contributed by atoms with Crippen molar-refractivity contribution in [3.05, 3.63) is 35.5 Å². The largest absolute Gasteiger partial charge is 0.507 e. The van der Waals surface area contributed by atoms with E-state index in [-0.39, 0.29) is 11.9 Å². The molecule has 1 aliphatic heterocycles. The van der Waals surface area contributed by atoms with Crippen molar-refractivity contribution in [2.45, 2.75) is 32.8 Å². The second-order valence-corrected chi connectivity index (χ2v) is 7.07. The SMILES string of the molecule is Cc1cc(C)c(-c2ccn3nc(OC4CCCN(C)C4)nc3n2)c(O)c1. The molecule has 1 saturated heterocycles. The number of aryl methyl sites for hydroxylation is 2. The van der Waals surface area contributed by atoms with Crippen LogP contribution in [0.3, 0.4) is 0 Å². The molecule has 0 saturated carbocycles. The fourth-order valence-electron chi connectivity index (χ4n) is 3.59. The number of likely N-dealkylation sites (N-methyl/N-ethyl adjacent to an activating group) is 1. The molecule has 0 radical (unpaired) electrons. The zero-order valence-electron chi connectivity index (χ0n) is 15.3. The fraction of sp³-hybridized carbons (Fsp3) is 0.421. The van der Waals surface area contributed by atoms with E-state index < -0.39 is 0 Å². The number of fused-ring (bicyclic) bond motifs is 1. The van der Waals surface area contributed by atoms with Gasteiger partial charge in [-0.3, -0.25) is 0 Å². The van der Waals surface area contributed by atoms with Crippen molar-refractivity contribution in [3.8, 4) is 23.0 Å². The number of aromatic nitrogens is 4. The summed E-state index contributed by atoms with van der Waals surface area (Å²) in [6, 6.07) is 5.95. The highest BCUT2D eigenvalue weighted by molar-refractivity contribution is 5.71. The molecule has 1 atom stereocenters. The van der Waals surface area contributed by atoms with Gasteiger partial charge in [0.15, 0.2) is 0 Å². The van der Waals surface area contributed by atoms with Gasteiger partial charge in [-0.15, -0.1) is 5.10 Å². The van der Waals surface area contributed by atoms with Gasteiger partial charge in [0.25, 0.3) is 5.78 Å². The Kier molecular flexibility index (Phi) is 4.24. The molecular weight excluding hydrogens is 330 g/mol. The quantitative estimate of drug-likeness (QED) is 0.780. The first-order valence-corrected chi connectivity index (χ1v) is 8.89. The number of rotatable bonds is 3. The summed E-state index contributed by atoms with van der Waals surface area (Å²) < 4.78 is 7.55. The van der Waals surface area contributed by atoms with Crippen molar-refractivity contribution in [2.24, 2.45) is 0 Å². The molecule has 3 aromatic rings. The Hall–Kier alpha value is -2.67. The van der Waals surface area contributed by atoms with Gasteiger partial charge in [-0.25, -0.2) is 9.50 Å². The van der Waals surface area contributed by atoms with Crippen LogP contribution in [0.15, 0.2) is 24.4 Å². The van der Waals surface area contributed by atoms with E-state index in [0.29, 0.717) is 17.5 Å². The van der Waals surface area contributed by atoms with Gasteiger partial charge in [0.1, 0.15) is 11.9 Å². The van der Waals surface area contributed by atoms with E-state index in [1.165, 1.54) is 0 Å². The van der Waals surface area contributed by atoms with Crippen molar-refractivity contribution in [1.29, 1.82) is 0 Å². The summed E-state index contributed by atoms with van der Waals surface area (Å²) >= 11 is 0. The van der Waals surface area contributed by atoms with E-state index in [1.807, 2.05) is 26.0 Å². The van der Waals surface area contributed by atoms with Crippen molar-refractivity contribution in [2.75, 3.05) is 20.1 Å². The van der Waals surface area contributed by atoms with E-state index in [2.05, 4.69) is 27.0 Å². The summed E-state index contributed by atoms with van der Waals surface area (Å²) in [7, 11) is 2.09. The molecule has 1 N–H and O–H groups in total. The highest BCUT2D eigenvalue weighted by atomic mass is 16.5. The van der Waals surface area contributed by atoms with E-state index in [0.717, 1.165) is 42.6 Å². The van der Waals surface area contributed by atoms with Gasteiger partial charge in [-0.05, 0) is 63.5 Å². The highest BCUT2D eigenvalue weighted by Gasteiger charge is 2.21. The number of benzene rings is 1. The first-order chi connectivity index (χ1) is 12.5. The first kappa shape index (κ1) is 16.8. The van der Waals surface area contributed by atoms with Crippen LogP contribution in [0, 0.1) is 13.8 Å². The zero-order valence-corrected chi connectivity index (χ0v) is 15.3. The van der Waals surface area contributed by atoms with E-state index in [4.69, 9.17) is 4.74 Å². The van der Waals surface area contributed by atoms with Gasteiger partial charge in [0.05, 0.1) is 5.69 Å². The lowest BCUT2D eigenvalue weighted by atomic mass is 10.0. The summed E-state index contributed by atoms with van der Waals surface area (Å²) in [5.41, 5.74) is 3.38. The van der Waals surface area contributed by atoms with E-state index in [9.17, 15) is 5.11 Å². The molecule has 26 heavy (non-hydrogen) atoms. The number of aromatic hydroxyl groups is 1. The van der Waals surface area contributed by atoms with Crippen LogP contribution in [0.2, 0.25) is 0 Å². The molecule has 2 aromatic heterocycles. The number of phenols is 1. The molecule has 1 aliphatic rings. The summed E-state index contributed by atoms with van der Waals surface area (Å²) in [5, 5.41) is 14.7. The molecule has 0 amide bonds. The molecule has 3 heterocycles. The van der Waals surface area contributed by atoms with Gasteiger partial charge < -0.3 is 14.7 Å². The number of ether oxygens (including phenoxy) is 1. The average molecular weight is 353 g/mol. The van der Waals surface area contributed by atoms with Gasteiger partial charge in [0.2, 0.25) is 0 Å². The standard InChI is InChI=1S/C19H23N5O2/c1-12-9-13(2)17(16(25)10-12)15-6-8-24-18(20-15)21-19(22-24)26-14-5-4-7-23(3)11-14/h6,8-10,14,25H,4-5,7,11H2,1-3H3. The molecule has 1 aromatic carbocycles. The van der Waals surface area contributed by atoms with Crippen LogP contribution in [-0.2, 0) is 0 Å². The Balaban J connectivity index is 1.64. The van der Waals surface area contributed by atoms with Crippen LogP contribution in [0.1, 0.15) is 24.0 Å². The monoisotopic (exact) mass is 353 g/mol. The summed E-state index contributed by atoms with van der Waals surface area (Å²) in [4.78, 5) is 11.2. The van der Waals surface area contributed by atoms with Gasteiger partial charge >= 0.3 is 6.01 Å². The minimum Gasteiger partial charge on any atom is -0.507 e. The number of hydrogen-bond donors (Lipinski definition) is 1. The molecule has 4 rings (SSSR count). The van der Waals surface area contributed by atoms with Crippen LogP contribution >= 0.6 is 0 Å². The maximum Gasteiger partial charge on any atom is 0.338 e. The first-order valence-electron chi connectivity index (χ1n) is 8.89. The normalized spacial score (nSPS) is 18.3. The Bertz CT molecular complexity index is 929. The third kappa shape index (κ3) is 3.22. The Labute approximate surface area is 152 Å². The lowest BCUT2D eigenvalue weighted by Crippen LogP contribution is -2.38. The van der Waals surface area contributed by atoms with Crippen LogP contribution in [0.4, 0.5) is 0 Å². The zero-order chi connectivity index (χ0) is 18.3. The van der Waals surface area contributed by atoms with Gasteiger partial charge in [-0.1, -0.05) is 6.07 Å². The number of phenolic OH excluding ortho intramolecular Hbond substituents is 1. The molecular formula is C19H23N5O2. The summed E-state index contributed by atoms with van der Waals surface area (Å²) in [6.45, 7) is 5.90. The molecule has 0 spiro atoms. The Morgan fingerprint density at radius 2 is 2.08 bits per heavy atom. The van der Waals surface area contributed by atoms with Crippen LogP contribution in [0.25, 0.3) is 17.0 Å². The Morgan fingerprint density at radius 1 is 1.23 bits per heavy atom. The molecule has 1 unspecified atom stereocenters. The van der Waals surface area contributed by atoms with Crippen molar-refractivity contribution in [1.82, 2.24) is 24.5 Å². The predicted molar refractivity (Wildman–Crippen MR) is 98.5 cm³/mol. The number of hydrogen-bond acceptors (Lipinski definition) is 6. The van der Waals surface area contributed by atoms with Crippen molar-refractivity contribution >= 4 is 5.78 Å². The lowest BCUT2D eigenvalue weighted by molar-refractivity contribution is 0.0957. The maximum absolute atomic E-state index is 10.3. The van der Waals surface area contributed by atoms with Gasteiger partial charge in [0, 0.05) is 18.3 Å². The topological polar surface area (TPSA) is 75.8 Å². The third-order valence-corrected chi connectivity index (χ3v) is 4.76. The van der Waals surface area contributed by atoms with Crippen LogP contribution in [-0.4, -0.2) is 55.8 Å². The second kappa shape index (κ2) is 6.57. The molecule has 136 valence electrons. The number of piperidine rings is 1. The smallest absolute Gasteiger partial charge is 0.338 e. The highest BCUT2D eigenvalue weighted by Crippen LogP contribution is 2.32. The molecule has 0 bridgehead atoms. The lowest BCUT2D eigenvalue weighted by Gasteiger charge is -2.28. The van der Waals surface area contributed by atoms with Gasteiger partial charge in [-0.2, -0.15) is 4.98 Å².